The van der Waals surface area contributed by atoms with Crippen LogP contribution in [0.2, 0.25) is 5.02 Å². The van der Waals surface area contributed by atoms with Crippen molar-refractivity contribution in [3.05, 3.63) is 95.4 Å². The van der Waals surface area contributed by atoms with Crippen LogP contribution in [0.3, 0.4) is 0 Å². The molecule has 2 N–H and O–H groups in total. The number of hydrogen-bond acceptors (Lipinski definition) is 6. The van der Waals surface area contributed by atoms with E-state index in [1.54, 1.807) is 30.6 Å². The molecule has 1 amide bonds. The first-order valence-corrected chi connectivity index (χ1v) is 10.0. The summed E-state index contributed by atoms with van der Waals surface area (Å²) in [6.45, 7) is 0. The average Bonchev–Trinajstić information content (AvgIpc) is 3.19. The summed E-state index contributed by atoms with van der Waals surface area (Å²) < 4.78 is 11.7. The van der Waals surface area contributed by atoms with E-state index in [1.165, 1.54) is 6.26 Å². The summed E-state index contributed by atoms with van der Waals surface area (Å²) in [5.74, 6) is 1.50. The molecule has 31 heavy (non-hydrogen) atoms. The van der Waals surface area contributed by atoms with Crippen LogP contribution in [0.25, 0.3) is 0 Å². The molecule has 1 atom stereocenters. The quantitative estimate of drug-likeness (QED) is 0.444. The number of halogens is 1. The Labute approximate surface area is 183 Å². The van der Waals surface area contributed by atoms with Crippen molar-refractivity contribution < 1.29 is 13.9 Å². The van der Waals surface area contributed by atoms with Gasteiger partial charge in [-0.25, -0.2) is 4.98 Å². The molecule has 3 heterocycles. The van der Waals surface area contributed by atoms with Gasteiger partial charge in [-0.1, -0.05) is 29.8 Å². The third-order valence-corrected chi connectivity index (χ3v) is 5.12. The predicted octanol–water partition coefficient (Wildman–Crippen LogP) is 5.48. The molecule has 0 fully saturated rings. The van der Waals surface area contributed by atoms with Gasteiger partial charge in [0.15, 0.2) is 17.3 Å². The summed E-state index contributed by atoms with van der Waals surface area (Å²) in [6, 6.07) is 16.4. The van der Waals surface area contributed by atoms with E-state index in [0.29, 0.717) is 28.8 Å². The highest BCUT2D eigenvalue weighted by molar-refractivity contribution is 6.30. The van der Waals surface area contributed by atoms with Gasteiger partial charge in [0.1, 0.15) is 12.0 Å². The van der Waals surface area contributed by atoms with Crippen LogP contribution in [0.15, 0.2) is 77.7 Å². The zero-order valence-electron chi connectivity index (χ0n) is 16.2. The Hall–Kier alpha value is -3.84. The maximum absolute atomic E-state index is 12.5. The van der Waals surface area contributed by atoms with Crippen molar-refractivity contribution in [1.82, 2.24) is 9.97 Å². The molecule has 5 rings (SSSR count). The fraction of sp³-hybridized carbons (Fsp3) is 0.0870. The molecule has 0 spiro atoms. The molecule has 1 aliphatic rings. The molecule has 7 nitrogen and oxygen atoms in total. The van der Waals surface area contributed by atoms with Gasteiger partial charge in [0.05, 0.1) is 11.7 Å². The number of hydrogen-bond donors (Lipinski definition) is 2. The number of aromatic nitrogens is 2. The van der Waals surface area contributed by atoms with Crippen LogP contribution in [0.4, 0.5) is 11.4 Å². The standard InChI is InChI=1S/C23H17ClN4O3/c24-14-5-6-21-18(11-14)27-17(16-3-1-2-4-20(16)31-21)12-22-28-19(13-30-22)23(29)26-15-7-9-25-10-8-15/h1-11,13,17,27H,12H2,(H,25,26,29). The van der Waals surface area contributed by atoms with Crippen LogP contribution in [0.1, 0.15) is 28.0 Å². The lowest BCUT2D eigenvalue weighted by Crippen LogP contribution is -2.14. The third kappa shape index (κ3) is 4.08. The Morgan fingerprint density at radius 3 is 2.81 bits per heavy atom. The van der Waals surface area contributed by atoms with E-state index in [2.05, 4.69) is 20.6 Å². The van der Waals surface area contributed by atoms with E-state index in [1.807, 2.05) is 36.4 Å². The summed E-state index contributed by atoms with van der Waals surface area (Å²) >= 11 is 6.18. The maximum atomic E-state index is 12.5. The zero-order chi connectivity index (χ0) is 21.2. The summed E-state index contributed by atoms with van der Waals surface area (Å²) in [7, 11) is 0. The van der Waals surface area contributed by atoms with Crippen LogP contribution in [0.5, 0.6) is 11.5 Å². The van der Waals surface area contributed by atoms with Crippen LogP contribution >= 0.6 is 11.6 Å². The second kappa shape index (κ2) is 8.12. The maximum Gasteiger partial charge on any atom is 0.277 e. The van der Waals surface area contributed by atoms with Crippen molar-refractivity contribution in [2.24, 2.45) is 0 Å². The van der Waals surface area contributed by atoms with Crippen molar-refractivity contribution in [2.75, 3.05) is 10.6 Å². The highest BCUT2D eigenvalue weighted by Gasteiger charge is 2.25. The number of oxazole rings is 1. The van der Waals surface area contributed by atoms with E-state index < -0.39 is 0 Å². The second-order valence-corrected chi connectivity index (χ2v) is 7.43. The van der Waals surface area contributed by atoms with Crippen LogP contribution in [0, 0.1) is 0 Å². The van der Waals surface area contributed by atoms with E-state index in [0.717, 1.165) is 17.0 Å². The molecule has 0 radical (unpaired) electrons. The number of fused-ring (bicyclic) bond motifs is 2. The van der Waals surface area contributed by atoms with Crippen molar-refractivity contribution in [3.63, 3.8) is 0 Å². The Balaban J connectivity index is 1.40. The molecule has 1 unspecified atom stereocenters. The van der Waals surface area contributed by atoms with Gasteiger partial charge in [0, 0.05) is 35.1 Å². The minimum atomic E-state index is -0.351. The largest absolute Gasteiger partial charge is 0.455 e. The van der Waals surface area contributed by atoms with Gasteiger partial charge >= 0.3 is 0 Å². The molecule has 1 aliphatic heterocycles. The van der Waals surface area contributed by atoms with Crippen molar-refractivity contribution in [1.29, 1.82) is 0 Å². The Morgan fingerprint density at radius 2 is 1.94 bits per heavy atom. The molecule has 0 bridgehead atoms. The van der Waals surface area contributed by atoms with Gasteiger partial charge in [-0.15, -0.1) is 0 Å². The summed E-state index contributed by atoms with van der Waals surface area (Å²) in [5.41, 5.74) is 2.56. The topological polar surface area (TPSA) is 89.3 Å². The van der Waals surface area contributed by atoms with Gasteiger partial charge in [-0.05, 0) is 36.4 Å². The van der Waals surface area contributed by atoms with Gasteiger partial charge in [0.25, 0.3) is 5.91 Å². The Bertz CT molecular complexity index is 1240. The zero-order valence-corrected chi connectivity index (χ0v) is 17.0. The minimum Gasteiger partial charge on any atom is -0.455 e. The first-order valence-electron chi connectivity index (χ1n) is 9.64. The summed E-state index contributed by atoms with van der Waals surface area (Å²) in [5, 5.41) is 6.84. The fourth-order valence-electron chi connectivity index (χ4n) is 3.42. The highest BCUT2D eigenvalue weighted by atomic mass is 35.5. The van der Waals surface area contributed by atoms with E-state index in [9.17, 15) is 4.79 Å². The molecule has 8 heteroatoms. The number of amides is 1. The molecule has 154 valence electrons. The number of para-hydroxylation sites is 1. The van der Waals surface area contributed by atoms with Crippen LogP contribution < -0.4 is 15.4 Å². The third-order valence-electron chi connectivity index (χ3n) is 4.89. The van der Waals surface area contributed by atoms with E-state index >= 15 is 0 Å². The molecule has 4 aromatic rings. The first-order chi connectivity index (χ1) is 15.2. The number of nitrogens with one attached hydrogen (secondary N) is 2. The number of carbonyl (C=O) groups is 1. The number of ether oxygens (including phenoxy) is 1. The van der Waals surface area contributed by atoms with E-state index in [4.69, 9.17) is 20.8 Å². The Kier molecular flexibility index (Phi) is 5.01. The minimum absolute atomic E-state index is 0.189. The number of nitrogens with zero attached hydrogens (tertiary/aromatic N) is 2. The van der Waals surface area contributed by atoms with Gasteiger partial charge < -0.3 is 19.8 Å². The summed E-state index contributed by atoms with van der Waals surface area (Å²) in [4.78, 5) is 20.8. The number of pyridine rings is 1. The fourth-order valence-corrected chi connectivity index (χ4v) is 3.60. The molecule has 0 saturated heterocycles. The average molecular weight is 433 g/mol. The molecule has 0 saturated carbocycles. The SMILES string of the molecule is O=C(Nc1ccncc1)c1coc(CC2Nc3cc(Cl)ccc3Oc3ccccc32)n1. The van der Waals surface area contributed by atoms with Crippen molar-refractivity contribution >= 4 is 28.9 Å². The lowest BCUT2D eigenvalue weighted by atomic mass is 10.0. The van der Waals surface area contributed by atoms with Crippen molar-refractivity contribution in [2.45, 2.75) is 12.5 Å². The lowest BCUT2D eigenvalue weighted by molar-refractivity contribution is 0.102. The molecular formula is C23H17ClN4O3. The number of benzene rings is 2. The Morgan fingerprint density at radius 1 is 1.10 bits per heavy atom. The smallest absolute Gasteiger partial charge is 0.277 e. The van der Waals surface area contributed by atoms with Gasteiger partial charge in [-0.3, -0.25) is 9.78 Å². The highest BCUT2D eigenvalue weighted by Crippen LogP contribution is 2.41. The monoisotopic (exact) mass is 432 g/mol. The van der Waals surface area contributed by atoms with Crippen LogP contribution in [-0.4, -0.2) is 15.9 Å². The first kappa shape index (κ1) is 19.1. The molecular weight excluding hydrogens is 416 g/mol. The summed E-state index contributed by atoms with van der Waals surface area (Å²) in [6.07, 6.45) is 4.97. The van der Waals surface area contributed by atoms with Gasteiger partial charge in [-0.2, -0.15) is 0 Å². The number of anilines is 2. The van der Waals surface area contributed by atoms with Gasteiger partial charge in [0.2, 0.25) is 0 Å². The molecule has 2 aromatic carbocycles. The number of rotatable bonds is 4. The van der Waals surface area contributed by atoms with E-state index in [-0.39, 0.29) is 17.6 Å². The normalized spacial score (nSPS) is 14.4. The molecule has 2 aromatic heterocycles. The number of carbonyl (C=O) groups excluding carboxylic acids is 1. The predicted molar refractivity (Wildman–Crippen MR) is 117 cm³/mol. The molecule has 0 aliphatic carbocycles. The lowest BCUT2D eigenvalue weighted by Gasteiger charge is -2.17. The van der Waals surface area contributed by atoms with Crippen molar-refractivity contribution in [3.8, 4) is 11.5 Å². The second-order valence-electron chi connectivity index (χ2n) is 7.00. The van der Waals surface area contributed by atoms with Crippen LogP contribution in [-0.2, 0) is 6.42 Å².